The molecule has 3 nitrogen and oxygen atoms in total. The van der Waals surface area contributed by atoms with Gasteiger partial charge in [0.15, 0.2) is 0 Å². The summed E-state index contributed by atoms with van der Waals surface area (Å²) in [6.45, 7) is 6.69. The fourth-order valence-corrected chi connectivity index (χ4v) is 2.25. The van der Waals surface area contributed by atoms with E-state index in [1.807, 2.05) is 12.5 Å². The van der Waals surface area contributed by atoms with Crippen LogP contribution in [0.1, 0.15) is 32.4 Å². The molecule has 1 saturated heterocycles. The van der Waals surface area contributed by atoms with Gasteiger partial charge in [-0.15, -0.1) is 0 Å². The predicted octanol–water partition coefficient (Wildman–Crippen LogP) is 1.59. The Kier molecular flexibility index (Phi) is 2.59. The highest BCUT2D eigenvalue weighted by atomic mass is 15.1. The molecule has 0 aromatic carbocycles. The molecule has 0 aliphatic carbocycles. The minimum absolute atomic E-state index is 0.282. The first-order valence-electron chi connectivity index (χ1n) is 5.47. The minimum atomic E-state index is 0.282. The van der Waals surface area contributed by atoms with Gasteiger partial charge in [0, 0.05) is 24.0 Å². The third-order valence-corrected chi connectivity index (χ3v) is 3.14. The van der Waals surface area contributed by atoms with Crippen LogP contribution in [0.3, 0.4) is 0 Å². The molecule has 1 fully saturated rings. The number of aryl methyl sites for hydroxylation is 1. The highest BCUT2D eigenvalue weighted by molar-refractivity contribution is 5.00. The Bertz CT molecular complexity index is 297. The Labute approximate surface area is 85.5 Å². The van der Waals surface area contributed by atoms with Crippen molar-refractivity contribution in [2.75, 3.05) is 6.54 Å². The summed E-state index contributed by atoms with van der Waals surface area (Å²) in [6.07, 6.45) is 7.56. The van der Waals surface area contributed by atoms with Crippen LogP contribution in [0.4, 0.5) is 0 Å². The molecule has 0 bridgehead atoms. The largest absolute Gasteiger partial charge is 0.333 e. The zero-order chi connectivity index (χ0) is 10.0. The summed E-state index contributed by atoms with van der Waals surface area (Å²) in [5.74, 6) is 0. The number of hydrogen-bond donors (Lipinski definition) is 1. The van der Waals surface area contributed by atoms with Crippen molar-refractivity contribution in [3.8, 4) is 0 Å². The summed E-state index contributed by atoms with van der Waals surface area (Å²) in [6, 6.07) is 0. The summed E-state index contributed by atoms with van der Waals surface area (Å²) in [5, 5.41) is 3.57. The number of imidazole rings is 1. The van der Waals surface area contributed by atoms with E-state index in [0.717, 1.165) is 19.5 Å². The third-order valence-electron chi connectivity index (χ3n) is 3.14. The summed E-state index contributed by atoms with van der Waals surface area (Å²) in [4.78, 5) is 4.20. The lowest BCUT2D eigenvalue weighted by Crippen LogP contribution is -2.40. The van der Waals surface area contributed by atoms with Crippen molar-refractivity contribution in [3.63, 3.8) is 0 Å². The predicted molar refractivity (Wildman–Crippen MR) is 57.2 cm³/mol. The quantitative estimate of drug-likeness (QED) is 0.790. The Morgan fingerprint density at radius 1 is 1.64 bits per heavy atom. The van der Waals surface area contributed by atoms with Crippen LogP contribution in [0.5, 0.6) is 0 Å². The minimum Gasteiger partial charge on any atom is -0.333 e. The molecule has 1 atom stereocenters. The molecule has 1 aliphatic heterocycles. The van der Waals surface area contributed by atoms with E-state index < -0.39 is 0 Å². The van der Waals surface area contributed by atoms with Gasteiger partial charge in [-0.3, -0.25) is 0 Å². The number of rotatable bonds is 3. The van der Waals surface area contributed by atoms with E-state index in [1.54, 1.807) is 0 Å². The normalized spacial score (nSPS) is 27.0. The van der Waals surface area contributed by atoms with Crippen molar-refractivity contribution in [1.29, 1.82) is 0 Å². The van der Waals surface area contributed by atoms with Gasteiger partial charge >= 0.3 is 0 Å². The van der Waals surface area contributed by atoms with Crippen LogP contribution in [0.15, 0.2) is 12.5 Å². The second-order valence-electron chi connectivity index (χ2n) is 4.46. The monoisotopic (exact) mass is 193 g/mol. The summed E-state index contributed by atoms with van der Waals surface area (Å²) >= 11 is 0. The molecule has 1 aromatic heterocycles. The fourth-order valence-electron chi connectivity index (χ4n) is 2.25. The summed E-state index contributed by atoms with van der Waals surface area (Å²) in [7, 11) is 0. The van der Waals surface area contributed by atoms with E-state index in [1.165, 1.54) is 18.5 Å². The van der Waals surface area contributed by atoms with Crippen molar-refractivity contribution in [2.24, 2.45) is 0 Å². The number of nitrogens with one attached hydrogen (secondary N) is 1. The van der Waals surface area contributed by atoms with Gasteiger partial charge in [0.1, 0.15) is 0 Å². The highest BCUT2D eigenvalue weighted by Crippen LogP contribution is 2.21. The van der Waals surface area contributed by atoms with Gasteiger partial charge in [0.2, 0.25) is 0 Å². The molecule has 0 amide bonds. The van der Waals surface area contributed by atoms with Gasteiger partial charge in [-0.1, -0.05) is 6.92 Å². The van der Waals surface area contributed by atoms with Gasteiger partial charge in [-0.2, -0.15) is 0 Å². The second kappa shape index (κ2) is 3.73. The average Bonchev–Trinajstić information content (AvgIpc) is 2.75. The van der Waals surface area contributed by atoms with Crippen LogP contribution in [0.2, 0.25) is 0 Å². The van der Waals surface area contributed by atoms with Gasteiger partial charge in [0.05, 0.1) is 6.33 Å². The molecule has 1 N–H and O–H groups in total. The smallest absolute Gasteiger partial charge is 0.0948 e. The highest BCUT2D eigenvalue weighted by Gasteiger charge is 2.28. The summed E-state index contributed by atoms with van der Waals surface area (Å²) < 4.78 is 2.28. The van der Waals surface area contributed by atoms with E-state index in [9.17, 15) is 0 Å². The first-order chi connectivity index (χ1) is 6.73. The number of nitrogens with zero attached hydrogens (tertiary/aromatic N) is 2. The maximum absolute atomic E-state index is 4.20. The van der Waals surface area contributed by atoms with E-state index in [4.69, 9.17) is 0 Å². The first-order valence-corrected chi connectivity index (χ1v) is 5.47. The van der Waals surface area contributed by atoms with Gasteiger partial charge in [-0.25, -0.2) is 4.98 Å². The zero-order valence-corrected chi connectivity index (χ0v) is 9.08. The molecule has 0 radical (unpaired) electrons. The lowest BCUT2D eigenvalue weighted by Gasteiger charge is -2.25. The molecule has 3 heteroatoms. The van der Waals surface area contributed by atoms with E-state index in [0.29, 0.717) is 0 Å². The second-order valence-corrected chi connectivity index (χ2v) is 4.46. The maximum Gasteiger partial charge on any atom is 0.0948 e. The molecule has 1 unspecified atom stereocenters. The topological polar surface area (TPSA) is 29.9 Å². The Hall–Kier alpha value is -0.830. The molecule has 2 rings (SSSR count). The molecule has 1 aliphatic rings. The zero-order valence-electron chi connectivity index (χ0n) is 9.08. The van der Waals surface area contributed by atoms with E-state index in [2.05, 4.69) is 28.7 Å². The van der Waals surface area contributed by atoms with E-state index in [-0.39, 0.29) is 5.54 Å². The van der Waals surface area contributed by atoms with Crippen molar-refractivity contribution in [3.05, 3.63) is 18.2 Å². The fraction of sp³-hybridized carbons (Fsp3) is 0.727. The Balaban J connectivity index is 2.09. The van der Waals surface area contributed by atoms with Crippen molar-refractivity contribution in [1.82, 2.24) is 14.9 Å². The molecule has 78 valence electrons. The lowest BCUT2D eigenvalue weighted by molar-refractivity contribution is 0.350. The lowest BCUT2D eigenvalue weighted by atomic mass is 10.0. The van der Waals surface area contributed by atoms with Crippen LogP contribution < -0.4 is 5.32 Å². The van der Waals surface area contributed by atoms with Gasteiger partial charge in [0.25, 0.3) is 0 Å². The van der Waals surface area contributed by atoms with Crippen LogP contribution in [-0.4, -0.2) is 21.6 Å². The van der Waals surface area contributed by atoms with Gasteiger partial charge in [-0.05, 0) is 32.7 Å². The maximum atomic E-state index is 4.20. The molecule has 14 heavy (non-hydrogen) atoms. The SMILES string of the molecule is CCc1cncn1CC1(C)CCCN1. The molecule has 0 spiro atoms. The van der Waals surface area contributed by atoms with Crippen molar-refractivity contribution < 1.29 is 0 Å². The van der Waals surface area contributed by atoms with Crippen molar-refractivity contribution >= 4 is 0 Å². The van der Waals surface area contributed by atoms with Crippen LogP contribution in [-0.2, 0) is 13.0 Å². The molecule has 1 aromatic rings. The van der Waals surface area contributed by atoms with E-state index >= 15 is 0 Å². The standard InChI is InChI=1S/C11H19N3/c1-3-10-7-12-9-14(10)8-11(2)5-4-6-13-11/h7,9,13H,3-6,8H2,1-2H3. The number of hydrogen-bond acceptors (Lipinski definition) is 2. The Morgan fingerprint density at radius 3 is 3.14 bits per heavy atom. The molecule has 2 heterocycles. The third kappa shape index (κ3) is 1.82. The summed E-state index contributed by atoms with van der Waals surface area (Å²) in [5.41, 5.74) is 1.62. The van der Waals surface area contributed by atoms with Crippen LogP contribution in [0, 0.1) is 0 Å². The molecular weight excluding hydrogens is 174 g/mol. The van der Waals surface area contributed by atoms with Crippen molar-refractivity contribution in [2.45, 2.75) is 45.2 Å². The van der Waals surface area contributed by atoms with Gasteiger partial charge < -0.3 is 9.88 Å². The van der Waals surface area contributed by atoms with Crippen LogP contribution >= 0.6 is 0 Å². The average molecular weight is 193 g/mol. The molecule has 0 saturated carbocycles. The first kappa shape index (κ1) is 9.71. The Morgan fingerprint density at radius 2 is 2.50 bits per heavy atom. The van der Waals surface area contributed by atoms with Crippen LogP contribution in [0.25, 0.3) is 0 Å². The molecular formula is C11H19N3. The number of aromatic nitrogens is 2.